The summed E-state index contributed by atoms with van der Waals surface area (Å²) in [5.74, 6) is -0.264. The second-order valence-electron chi connectivity index (χ2n) is 7.06. The number of nitrogens with zero attached hydrogens (tertiary/aromatic N) is 1. The van der Waals surface area contributed by atoms with Crippen LogP contribution in [0.1, 0.15) is 46.2 Å². The Bertz CT molecular complexity index is 615. The molecule has 0 unspecified atom stereocenters. The zero-order valence-electron chi connectivity index (χ0n) is 15.5. The topological polar surface area (TPSA) is 61.4 Å². The Labute approximate surface area is 160 Å². The van der Waals surface area contributed by atoms with Crippen LogP contribution in [0.2, 0.25) is 10.0 Å². The fourth-order valence-corrected chi connectivity index (χ4v) is 2.93. The molecule has 140 valence electrons. The SMILES string of the molecule is CCN(CC(=O)N[C@@H](C)c1ccc(Cl)cc1Cl)CC(=O)NC(C)(C)C. The summed E-state index contributed by atoms with van der Waals surface area (Å²) in [6, 6.07) is 4.93. The predicted octanol–water partition coefficient (Wildman–Crippen LogP) is 3.41. The van der Waals surface area contributed by atoms with Crippen molar-refractivity contribution in [2.45, 2.75) is 46.2 Å². The van der Waals surface area contributed by atoms with Crippen molar-refractivity contribution in [1.82, 2.24) is 15.5 Å². The molecule has 2 N–H and O–H groups in total. The van der Waals surface area contributed by atoms with E-state index >= 15 is 0 Å². The minimum Gasteiger partial charge on any atom is -0.350 e. The first kappa shape index (κ1) is 21.7. The van der Waals surface area contributed by atoms with Gasteiger partial charge in [-0.3, -0.25) is 14.5 Å². The summed E-state index contributed by atoms with van der Waals surface area (Å²) in [6.45, 7) is 10.5. The molecule has 0 saturated heterocycles. The Kier molecular flexibility index (Phi) is 8.19. The number of likely N-dealkylation sites (N-methyl/N-ethyl adjacent to an activating group) is 1. The monoisotopic (exact) mass is 387 g/mol. The van der Waals surface area contributed by atoms with E-state index in [1.807, 2.05) is 34.6 Å². The summed E-state index contributed by atoms with van der Waals surface area (Å²) >= 11 is 12.1. The lowest BCUT2D eigenvalue weighted by Gasteiger charge is -2.25. The molecule has 0 saturated carbocycles. The fraction of sp³-hybridized carbons (Fsp3) is 0.556. The van der Waals surface area contributed by atoms with Gasteiger partial charge in [-0.2, -0.15) is 0 Å². The van der Waals surface area contributed by atoms with Crippen LogP contribution < -0.4 is 10.6 Å². The summed E-state index contributed by atoms with van der Waals surface area (Å²) in [7, 11) is 0. The van der Waals surface area contributed by atoms with Crippen molar-refractivity contribution in [2.24, 2.45) is 0 Å². The highest BCUT2D eigenvalue weighted by Gasteiger charge is 2.19. The Morgan fingerprint density at radius 1 is 1.16 bits per heavy atom. The van der Waals surface area contributed by atoms with Crippen LogP contribution in [0.25, 0.3) is 0 Å². The van der Waals surface area contributed by atoms with Crippen LogP contribution in [-0.2, 0) is 9.59 Å². The molecule has 0 aliphatic carbocycles. The lowest BCUT2D eigenvalue weighted by molar-refractivity contribution is -0.126. The van der Waals surface area contributed by atoms with E-state index in [0.29, 0.717) is 16.6 Å². The van der Waals surface area contributed by atoms with Crippen LogP contribution in [-0.4, -0.2) is 41.9 Å². The number of amides is 2. The molecule has 2 amide bonds. The van der Waals surface area contributed by atoms with Gasteiger partial charge in [0, 0.05) is 15.6 Å². The van der Waals surface area contributed by atoms with E-state index in [1.165, 1.54) is 0 Å². The van der Waals surface area contributed by atoms with Gasteiger partial charge in [-0.05, 0) is 51.9 Å². The molecule has 0 radical (unpaired) electrons. The maximum atomic E-state index is 12.3. The molecule has 0 aliphatic heterocycles. The van der Waals surface area contributed by atoms with Crippen molar-refractivity contribution >= 4 is 35.0 Å². The number of benzene rings is 1. The Hall–Kier alpha value is -1.30. The van der Waals surface area contributed by atoms with E-state index < -0.39 is 0 Å². The molecule has 1 aromatic carbocycles. The number of halogens is 2. The molecule has 0 heterocycles. The number of hydrogen-bond donors (Lipinski definition) is 2. The average molecular weight is 388 g/mol. The van der Waals surface area contributed by atoms with Crippen LogP contribution in [0.15, 0.2) is 18.2 Å². The van der Waals surface area contributed by atoms with Crippen molar-refractivity contribution in [2.75, 3.05) is 19.6 Å². The maximum Gasteiger partial charge on any atom is 0.234 e. The molecular weight excluding hydrogens is 361 g/mol. The van der Waals surface area contributed by atoms with Gasteiger partial charge >= 0.3 is 0 Å². The number of rotatable bonds is 7. The Morgan fingerprint density at radius 2 is 1.76 bits per heavy atom. The summed E-state index contributed by atoms with van der Waals surface area (Å²) in [5, 5.41) is 6.86. The third-order valence-corrected chi connectivity index (χ3v) is 4.06. The van der Waals surface area contributed by atoms with Crippen LogP contribution in [0.5, 0.6) is 0 Å². The van der Waals surface area contributed by atoms with Crippen LogP contribution in [0, 0.1) is 0 Å². The minimum absolute atomic E-state index is 0.101. The van der Waals surface area contributed by atoms with E-state index in [0.717, 1.165) is 5.56 Å². The largest absolute Gasteiger partial charge is 0.350 e. The van der Waals surface area contributed by atoms with Gasteiger partial charge in [0.05, 0.1) is 19.1 Å². The molecule has 5 nitrogen and oxygen atoms in total. The third kappa shape index (κ3) is 8.08. The highest BCUT2D eigenvalue weighted by Crippen LogP contribution is 2.25. The Morgan fingerprint density at radius 3 is 2.28 bits per heavy atom. The highest BCUT2D eigenvalue weighted by molar-refractivity contribution is 6.35. The fourth-order valence-electron chi connectivity index (χ4n) is 2.36. The summed E-state index contributed by atoms with van der Waals surface area (Å²) in [4.78, 5) is 26.1. The smallest absolute Gasteiger partial charge is 0.234 e. The summed E-state index contributed by atoms with van der Waals surface area (Å²) < 4.78 is 0. The van der Waals surface area contributed by atoms with E-state index in [4.69, 9.17) is 23.2 Å². The van der Waals surface area contributed by atoms with E-state index in [2.05, 4.69) is 10.6 Å². The quantitative estimate of drug-likeness (QED) is 0.753. The average Bonchev–Trinajstić information content (AvgIpc) is 2.43. The molecule has 1 aromatic rings. The van der Waals surface area contributed by atoms with Crippen molar-refractivity contribution in [3.8, 4) is 0 Å². The summed E-state index contributed by atoms with van der Waals surface area (Å²) in [6.07, 6.45) is 0. The summed E-state index contributed by atoms with van der Waals surface area (Å²) in [5.41, 5.74) is 0.506. The molecule has 0 spiro atoms. The highest BCUT2D eigenvalue weighted by atomic mass is 35.5. The molecule has 0 aromatic heterocycles. The third-order valence-electron chi connectivity index (χ3n) is 3.50. The predicted molar refractivity (Wildman–Crippen MR) is 103 cm³/mol. The van der Waals surface area contributed by atoms with Gasteiger partial charge in [0.2, 0.25) is 11.8 Å². The van der Waals surface area contributed by atoms with Crippen LogP contribution in [0.4, 0.5) is 0 Å². The second kappa shape index (κ2) is 9.41. The number of hydrogen-bond acceptors (Lipinski definition) is 3. The lowest BCUT2D eigenvalue weighted by atomic mass is 10.1. The van der Waals surface area contributed by atoms with Gasteiger partial charge in [0.25, 0.3) is 0 Å². The molecule has 25 heavy (non-hydrogen) atoms. The first-order valence-electron chi connectivity index (χ1n) is 8.29. The van der Waals surface area contributed by atoms with Gasteiger partial charge < -0.3 is 10.6 Å². The molecule has 0 aliphatic rings. The standard InChI is InChI=1S/C18H27Cl2N3O2/c1-6-23(11-17(25)22-18(3,4)5)10-16(24)21-12(2)14-8-7-13(19)9-15(14)20/h7-9,12H,6,10-11H2,1-5H3,(H,21,24)(H,22,25)/t12-/m0/s1. The van der Waals surface area contributed by atoms with Crippen molar-refractivity contribution in [3.63, 3.8) is 0 Å². The van der Waals surface area contributed by atoms with Crippen LogP contribution >= 0.6 is 23.2 Å². The van der Waals surface area contributed by atoms with Crippen LogP contribution in [0.3, 0.4) is 0 Å². The van der Waals surface area contributed by atoms with Gasteiger partial charge in [-0.1, -0.05) is 36.2 Å². The number of carbonyl (C=O) groups excluding carboxylic acids is 2. The van der Waals surface area contributed by atoms with Crippen molar-refractivity contribution in [1.29, 1.82) is 0 Å². The van der Waals surface area contributed by atoms with E-state index in [-0.39, 0.29) is 36.5 Å². The van der Waals surface area contributed by atoms with Crippen molar-refractivity contribution in [3.05, 3.63) is 33.8 Å². The molecule has 7 heteroatoms. The lowest BCUT2D eigenvalue weighted by Crippen LogP contribution is -2.48. The first-order valence-corrected chi connectivity index (χ1v) is 9.05. The molecule has 0 fully saturated rings. The molecular formula is C18H27Cl2N3O2. The number of nitrogens with one attached hydrogen (secondary N) is 2. The maximum absolute atomic E-state index is 12.3. The zero-order chi connectivity index (χ0) is 19.2. The van der Waals surface area contributed by atoms with E-state index in [9.17, 15) is 9.59 Å². The van der Waals surface area contributed by atoms with Gasteiger partial charge in [0.1, 0.15) is 0 Å². The molecule has 1 rings (SSSR count). The van der Waals surface area contributed by atoms with Gasteiger partial charge in [0.15, 0.2) is 0 Å². The zero-order valence-corrected chi connectivity index (χ0v) is 17.0. The number of carbonyl (C=O) groups is 2. The molecule has 1 atom stereocenters. The van der Waals surface area contributed by atoms with E-state index in [1.54, 1.807) is 23.1 Å². The minimum atomic E-state index is -0.293. The van der Waals surface area contributed by atoms with Gasteiger partial charge in [-0.15, -0.1) is 0 Å². The molecule has 0 bridgehead atoms. The van der Waals surface area contributed by atoms with Gasteiger partial charge in [-0.25, -0.2) is 0 Å². The van der Waals surface area contributed by atoms with Crippen molar-refractivity contribution < 1.29 is 9.59 Å². The first-order chi connectivity index (χ1) is 11.5. The second-order valence-corrected chi connectivity index (χ2v) is 7.90. The Balaban J connectivity index is 2.59. The normalized spacial score (nSPS) is 12.8.